The molecule has 0 aromatic carbocycles. The fourth-order valence-corrected chi connectivity index (χ4v) is 4.31. The van der Waals surface area contributed by atoms with E-state index in [2.05, 4.69) is 19.7 Å². The lowest BCUT2D eigenvalue weighted by molar-refractivity contribution is -0.150. The monoisotopic (exact) mass is 621 g/mol. The van der Waals surface area contributed by atoms with E-state index in [1.807, 2.05) is 158 Å². The summed E-state index contributed by atoms with van der Waals surface area (Å²) in [6.45, 7) is 29.8. The van der Waals surface area contributed by atoms with Gasteiger partial charge in [-0.1, -0.05) is 146 Å². The first-order valence-electron chi connectivity index (χ1n) is 15.6. The van der Waals surface area contributed by atoms with Gasteiger partial charge in [-0.3, -0.25) is 9.18 Å². The van der Waals surface area contributed by atoms with Crippen LogP contribution in [-0.4, -0.2) is 35.2 Å². The summed E-state index contributed by atoms with van der Waals surface area (Å²) >= 11 is 0. The minimum absolute atomic E-state index is 0. The Morgan fingerprint density at radius 3 is 1.87 bits per heavy atom. The smallest absolute Gasteiger partial charge is 0.233 e. The summed E-state index contributed by atoms with van der Waals surface area (Å²) in [5, 5.41) is 10.6. The summed E-state index contributed by atoms with van der Waals surface area (Å²) in [4.78, 5) is 15.3. The van der Waals surface area contributed by atoms with E-state index in [0.717, 1.165) is 22.4 Å². The van der Waals surface area contributed by atoms with E-state index in [-0.39, 0.29) is 25.3 Å². The van der Waals surface area contributed by atoms with Gasteiger partial charge in [0.1, 0.15) is 0 Å². The van der Waals surface area contributed by atoms with E-state index in [4.69, 9.17) is 0 Å². The summed E-state index contributed by atoms with van der Waals surface area (Å²) < 4.78 is 9.50. The Morgan fingerprint density at radius 2 is 1.40 bits per heavy atom. The van der Waals surface area contributed by atoms with Crippen LogP contribution in [0.1, 0.15) is 82.6 Å². The molecule has 0 aliphatic carbocycles. The first-order valence-corrected chi connectivity index (χ1v) is 15.6. The molecule has 0 radical (unpaired) electrons. The van der Waals surface area contributed by atoms with Crippen molar-refractivity contribution >= 4 is 5.91 Å². The van der Waals surface area contributed by atoms with Gasteiger partial charge >= 0.3 is 0 Å². The van der Waals surface area contributed by atoms with Gasteiger partial charge in [-0.05, 0) is 75.8 Å². The normalized spacial score (nSPS) is 18.0. The first-order chi connectivity index (χ1) is 21.3. The predicted octanol–water partition coefficient (Wildman–Crippen LogP) is 11.7. The molecular weight excluding hydrogens is 557 g/mol. The molecule has 0 bridgehead atoms. The zero-order valence-corrected chi connectivity index (χ0v) is 29.2. The molecule has 1 rings (SSSR count). The number of hydrogen-bond acceptors (Lipinski definition) is 2. The Balaban J connectivity index is -0.00000113. The lowest BCUT2D eigenvalue weighted by Gasteiger charge is -2.48. The van der Waals surface area contributed by atoms with Crippen molar-refractivity contribution in [3.05, 3.63) is 145 Å². The van der Waals surface area contributed by atoms with Crippen molar-refractivity contribution in [2.24, 2.45) is 5.92 Å². The highest BCUT2D eigenvalue weighted by atomic mass is 19.1. The van der Waals surface area contributed by atoms with Gasteiger partial charge in [-0.25, -0.2) is 0 Å². The van der Waals surface area contributed by atoms with Crippen LogP contribution in [0.2, 0.25) is 0 Å². The van der Waals surface area contributed by atoms with Crippen molar-refractivity contribution in [1.82, 2.24) is 4.90 Å². The molecule has 45 heavy (non-hydrogen) atoms. The molecule has 0 aromatic heterocycles. The molecule has 3 nitrogen and oxygen atoms in total. The van der Waals surface area contributed by atoms with Gasteiger partial charge in [0.15, 0.2) is 0 Å². The van der Waals surface area contributed by atoms with Crippen LogP contribution in [0.3, 0.4) is 0 Å². The number of rotatable bonds is 15. The van der Waals surface area contributed by atoms with E-state index in [1.54, 1.807) is 6.08 Å². The lowest BCUT2D eigenvalue weighted by atomic mass is 9.77. The number of allylic oxidation sites excluding steroid dienone is 16. The zero-order valence-electron chi connectivity index (χ0n) is 29.2. The summed E-state index contributed by atoms with van der Waals surface area (Å²) in [5.74, 6) is -0.230. The maximum Gasteiger partial charge on any atom is 0.233 e. The third-order valence-corrected chi connectivity index (χ3v) is 6.32. The second kappa shape index (κ2) is 31.7. The van der Waals surface area contributed by atoms with Crippen LogP contribution < -0.4 is 0 Å². The van der Waals surface area contributed by atoms with Gasteiger partial charge in [-0.15, -0.1) is 0 Å². The van der Waals surface area contributed by atoms with Crippen molar-refractivity contribution in [3.8, 4) is 0 Å². The molecule has 1 aliphatic rings. The summed E-state index contributed by atoms with van der Waals surface area (Å²) in [7, 11) is 0.500. The Morgan fingerprint density at radius 1 is 0.822 bits per heavy atom. The lowest BCUT2D eigenvalue weighted by Crippen LogP contribution is -2.60. The van der Waals surface area contributed by atoms with Crippen molar-refractivity contribution < 1.29 is 14.3 Å². The minimum atomic E-state index is -0.687. The molecule has 0 spiro atoms. The van der Waals surface area contributed by atoms with E-state index < -0.39 is 6.10 Å². The average Bonchev–Trinajstić information content (AvgIpc) is 3.06. The van der Waals surface area contributed by atoms with Crippen LogP contribution in [0, 0.1) is 5.92 Å². The fourth-order valence-electron chi connectivity index (χ4n) is 4.31. The van der Waals surface area contributed by atoms with Crippen molar-refractivity contribution in [2.75, 3.05) is 7.18 Å². The van der Waals surface area contributed by atoms with E-state index in [1.165, 1.54) is 0 Å². The third-order valence-electron chi connectivity index (χ3n) is 6.32. The standard InChI is InChI=1S/C35H45NO2.2C2H6.CH3F.CH4/c1-9-16-18-22-31(15-7)36-34(32(35(36)38)25-26-33(37)27(8)19-11-3)29(14-6)24-23-28(13-5)30(20-12-4)21-17-10-2;3*1-2;/h9-24,32-34,37H,5-6,8,25-26H2,1-4,7H3;2*1-2H3;1H3;1H4/b16-9-,17-10-,19-11-,20-12-,22-18-,28-23+,29-24+,30-21+,31-15+;;;;/t32-,33?,34?;;;;/m1..../s1. The SMILES string of the molecule is C.C=CC(=C\C=C(/C=C)C1[C@@H](CCC(O)C(=C)/C=C\C)C(=O)N1C(/C=C\C=C/C)=C/C)/C(/C=C\C)=C/C=C\C.CC.CC.CF. The van der Waals surface area contributed by atoms with Gasteiger partial charge in [0.2, 0.25) is 5.91 Å². The molecule has 1 heterocycles. The maximum atomic E-state index is 13.4. The summed E-state index contributed by atoms with van der Waals surface area (Å²) in [5.41, 5.74) is 4.41. The molecule has 252 valence electrons. The molecule has 1 N–H and O–H groups in total. The Bertz CT molecular complexity index is 1120. The highest BCUT2D eigenvalue weighted by Gasteiger charge is 2.48. The van der Waals surface area contributed by atoms with Crippen LogP contribution in [0.4, 0.5) is 4.39 Å². The molecule has 1 saturated heterocycles. The number of aliphatic hydroxyl groups excluding tert-OH is 1. The number of carbonyl (C=O) groups is 1. The maximum absolute atomic E-state index is 13.4. The van der Waals surface area contributed by atoms with Gasteiger partial charge < -0.3 is 10.0 Å². The molecule has 1 amide bonds. The molecule has 1 aliphatic heterocycles. The van der Waals surface area contributed by atoms with Gasteiger partial charge in [0.05, 0.1) is 25.2 Å². The number of aliphatic hydroxyl groups is 1. The molecular formula is C41H64FNO2. The quantitative estimate of drug-likeness (QED) is 0.146. The average molecular weight is 622 g/mol. The Kier molecular flexibility index (Phi) is 33.9. The molecule has 0 saturated carbocycles. The van der Waals surface area contributed by atoms with Crippen LogP contribution in [0.25, 0.3) is 0 Å². The first kappa shape index (κ1) is 48.2. The molecule has 4 heteroatoms. The Hall–Kier alpha value is -3.76. The summed E-state index contributed by atoms with van der Waals surface area (Å²) in [6, 6.07) is -0.198. The number of likely N-dealkylation sites (tertiary alicyclic amines) is 1. The number of amides is 1. The van der Waals surface area contributed by atoms with Crippen LogP contribution in [0.5, 0.6) is 0 Å². The van der Waals surface area contributed by atoms with E-state index in [0.29, 0.717) is 25.6 Å². The second-order valence-corrected chi connectivity index (χ2v) is 8.87. The summed E-state index contributed by atoms with van der Waals surface area (Å²) in [6.07, 6.45) is 31.4. The predicted molar refractivity (Wildman–Crippen MR) is 202 cm³/mol. The number of nitrogens with zero attached hydrogens (tertiary/aromatic N) is 1. The molecule has 2 unspecified atom stereocenters. The minimum Gasteiger partial charge on any atom is -0.388 e. The van der Waals surface area contributed by atoms with Crippen LogP contribution in [0.15, 0.2) is 145 Å². The van der Waals surface area contributed by atoms with Crippen LogP contribution in [-0.2, 0) is 4.79 Å². The van der Waals surface area contributed by atoms with Gasteiger partial charge in [-0.2, -0.15) is 0 Å². The molecule has 1 fully saturated rings. The fraction of sp³-hybridized carbons (Fsp3) is 0.390. The largest absolute Gasteiger partial charge is 0.388 e. The number of β-lactam (4-membered cyclic amide) rings is 1. The second-order valence-electron chi connectivity index (χ2n) is 8.87. The number of halogens is 1. The van der Waals surface area contributed by atoms with Crippen LogP contribution >= 0.6 is 0 Å². The molecule has 0 aromatic rings. The van der Waals surface area contributed by atoms with Crippen molar-refractivity contribution in [2.45, 2.75) is 94.7 Å². The number of hydrogen-bond donors (Lipinski definition) is 1. The number of carbonyl (C=O) groups excluding carboxylic acids is 1. The highest BCUT2D eigenvalue weighted by molar-refractivity contribution is 5.90. The van der Waals surface area contributed by atoms with Crippen molar-refractivity contribution in [1.29, 1.82) is 0 Å². The van der Waals surface area contributed by atoms with Gasteiger partial charge in [0, 0.05) is 5.70 Å². The topological polar surface area (TPSA) is 40.5 Å². The van der Waals surface area contributed by atoms with Crippen molar-refractivity contribution in [3.63, 3.8) is 0 Å². The van der Waals surface area contributed by atoms with Gasteiger partial charge in [0.25, 0.3) is 0 Å². The van der Waals surface area contributed by atoms with E-state index in [9.17, 15) is 14.3 Å². The third kappa shape index (κ3) is 16.8. The number of alkyl halides is 1. The molecule has 3 atom stereocenters. The van der Waals surface area contributed by atoms with E-state index >= 15 is 0 Å². The zero-order chi connectivity index (χ0) is 34.5. The Labute approximate surface area is 277 Å². The highest BCUT2D eigenvalue weighted by Crippen LogP contribution is 2.39.